The molecule has 1 amide bonds. The van der Waals surface area contributed by atoms with E-state index in [1.807, 2.05) is 60.7 Å². The fourth-order valence-corrected chi connectivity index (χ4v) is 2.91. The SMILES string of the molecule is O=C(NCc1cncc(-c2ccco2)c1)c1cccc(OCc2ccccc2)c1. The summed E-state index contributed by atoms with van der Waals surface area (Å²) in [5.41, 5.74) is 3.39. The van der Waals surface area contributed by atoms with Gasteiger partial charge in [-0.3, -0.25) is 9.78 Å². The Balaban J connectivity index is 1.37. The molecule has 2 aromatic carbocycles. The normalized spacial score (nSPS) is 10.5. The summed E-state index contributed by atoms with van der Waals surface area (Å²) in [7, 11) is 0. The van der Waals surface area contributed by atoms with Crippen LogP contribution >= 0.6 is 0 Å². The highest BCUT2D eigenvalue weighted by Crippen LogP contribution is 2.20. The van der Waals surface area contributed by atoms with Crippen molar-refractivity contribution in [2.45, 2.75) is 13.2 Å². The van der Waals surface area contributed by atoms with Crippen LogP contribution in [0.1, 0.15) is 21.5 Å². The van der Waals surface area contributed by atoms with Gasteiger partial charge in [-0.2, -0.15) is 0 Å². The maximum Gasteiger partial charge on any atom is 0.251 e. The molecule has 0 spiro atoms. The zero-order valence-electron chi connectivity index (χ0n) is 15.7. The lowest BCUT2D eigenvalue weighted by Gasteiger charge is -2.09. The van der Waals surface area contributed by atoms with Gasteiger partial charge in [0.15, 0.2) is 0 Å². The van der Waals surface area contributed by atoms with E-state index in [0.717, 1.165) is 22.5 Å². The monoisotopic (exact) mass is 384 g/mol. The Morgan fingerprint density at radius 3 is 2.66 bits per heavy atom. The van der Waals surface area contributed by atoms with Gasteiger partial charge in [-0.05, 0) is 47.5 Å². The van der Waals surface area contributed by atoms with Crippen LogP contribution in [0.3, 0.4) is 0 Å². The zero-order chi connectivity index (χ0) is 19.9. The molecule has 0 fully saturated rings. The molecule has 0 atom stereocenters. The first-order valence-electron chi connectivity index (χ1n) is 9.31. The predicted octanol–water partition coefficient (Wildman–Crippen LogP) is 4.85. The first-order valence-corrected chi connectivity index (χ1v) is 9.31. The van der Waals surface area contributed by atoms with Crippen LogP contribution in [0.5, 0.6) is 5.75 Å². The van der Waals surface area contributed by atoms with E-state index in [2.05, 4.69) is 10.3 Å². The number of amides is 1. The molecule has 1 N–H and O–H groups in total. The van der Waals surface area contributed by atoms with Crippen molar-refractivity contribution < 1.29 is 13.9 Å². The lowest BCUT2D eigenvalue weighted by molar-refractivity contribution is 0.0950. The van der Waals surface area contributed by atoms with E-state index in [9.17, 15) is 4.79 Å². The minimum Gasteiger partial charge on any atom is -0.489 e. The lowest BCUT2D eigenvalue weighted by Crippen LogP contribution is -2.22. The first-order chi connectivity index (χ1) is 14.3. The summed E-state index contributed by atoms with van der Waals surface area (Å²) >= 11 is 0. The molecule has 0 saturated heterocycles. The second-order valence-corrected chi connectivity index (χ2v) is 6.54. The third-order valence-electron chi connectivity index (χ3n) is 4.40. The van der Waals surface area contributed by atoms with Gasteiger partial charge in [-0.15, -0.1) is 0 Å². The summed E-state index contributed by atoms with van der Waals surface area (Å²) in [5.74, 6) is 1.23. The molecule has 4 rings (SSSR count). The van der Waals surface area contributed by atoms with Crippen molar-refractivity contribution in [1.82, 2.24) is 10.3 Å². The molecular formula is C24H20N2O3. The number of ether oxygens (including phenoxy) is 1. The van der Waals surface area contributed by atoms with Crippen LogP contribution < -0.4 is 10.1 Å². The second kappa shape index (κ2) is 8.89. The van der Waals surface area contributed by atoms with E-state index in [0.29, 0.717) is 24.5 Å². The van der Waals surface area contributed by atoms with Crippen LogP contribution in [0.4, 0.5) is 0 Å². The van der Waals surface area contributed by atoms with E-state index in [1.54, 1.807) is 30.8 Å². The highest BCUT2D eigenvalue weighted by atomic mass is 16.5. The van der Waals surface area contributed by atoms with Gasteiger partial charge in [0.2, 0.25) is 0 Å². The summed E-state index contributed by atoms with van der Waals surface area (Å²) in [6.07, 6.45) is 5.08. The average Bonchev–Trinajstić information content (AvgIpc) is 3.32. The number of nitrogens with zero attached hydrogens (tertiary/aromatic N) is 1. The smallest absolute Gasteiger partial charge is 0.251 e. The van der Waals surface area contributed by atoms with Crippen molar-refractivity contribution >= 4 is 5.91 Å². The topological polar surface area (TPSA) is 64.4 Å². The van der Waals surface area contributed by atoms with Crippen LogP contribution in [0.2, 0.25) is 0 Å². The number of aromatic nitrogens is 1. The maximum absolute atomic E-state index is 12.6. The predicted molar refractivity (Wildman–Crippen MR) is 110 cm³/mol. The molecule has 5 heteroatoms. The molecule has 2 heterocycles. The molecule has 0 aliphatic heterocycles. The minimum atomic E-state index is -0.168. The Morgan fingerprint density at radius 2 is 1.83 bits per heavy atom. The molecule has 0 unspecified atom stereocenters. The third kappa shape index (κ3) is 4.90. The minimum absolute atomic E-state index is 0.168. The van der Waals surface area contributed by atoms with Gasteiger partial charge in [0.1, 0.15) is 18.1 Å². The van der Waals surface area contributed by atoms with Gasteiger partial charge in [0.25, 0.3) is 5.91 Å². The Hall–Kier alpha value is -3.86. The van der Waals surface area contributed by atoms with E-state index < -0.39 is 0 Å². The fraction of sp³-hybridized carbons (Fsp3) is 0.0833. The van der Waals surface area contributed by atoms with E-state index in [1.165, 1.54) is 0 Å². The van der Waals surface area contributed by atoms with Crippen LogP contribution in [-0.4, -0.2) is 10.9 Å². The number of hydrogen-bond acceptors (Lipinski definition) is 4. The van der Waals surface area contributed by atoms with Gasteiger partial charge < -0.3 is 14.5 Å². The molecule has 5 nitrogen and oxygen atoms in total. The van der Waals surface area contributed by atoms with Crippen LogP contribution in [0, 0.1) is 0 Å². The molecule has 4 aromatic rings. The summed E-state index contributed by atoms with van der Waals surface area (Å²) in [5, 5.41) is 2.92. The Kier molecular flexibility index (Phi) is 5.67. The summed E-state index contributed by atoms with van der Waals surface area (Å²) < 4.78 is 11.2. The highest BCUT2D eigenvalue weighted by molar-refractivity contribution is 5.94. The van der Waals surface area contributed by atoms with Crippen molar-refractivity contribution in [3.05, 3.63) is 108 Å². The summed E-state index contributed by atoms with van der Waals surface area (Å²) in [4.78, 5) is 16.8. The number of carbonyl (C=O) groups is 1. The average molecular weight is 384 g/mol. The summed E-state index contributed by atoms with van der Waals surface area (Å²) in [6.45, 7) is 0.826. The number of pyridine rings is 1. The second-order valence-electron chi connectivity index (χ2n) is 6.54. The van der Waals surface area contributed by atoms with Gasteiger partial charge in [0.05, 0.1) is 6.26 Å². The molecular weight excluding hydrogens is 364 g/mol. The molecule has 0 aliphatic carbocycles. The number of carbonyl (C=O) groups excluding carboxylic acids is 1. The van der Waals surface area contributed by atoms with Crippen molar-refractivity contribution in [3.8, 4) is 17.1 Å². The lowest BCUT2D eigenvalue weighted by atomic mass is 10.1. The number of hydrogen-bond donors (Lipinski definition) is 1. The van der Waals surface area contributed by atoms with Crippen molar-refractivity contribution in [2.75, 3.05) is 0 Å². The van der Waals surface area contributed by atoms with Crippen molar-refractivity contribution in [2.24, 2.45) is 0 Å². The quantitative estimate of drug-likeness (QED) is 0.495. The largest absolute Gasteiger partial charge is 0.489 e. The Bertz CT molecular complexity index is 1080. The molecule has 2 aromatic heterocycles. The standard InChI is InChI=1S/C24H20N2O3/c27-24(26-15-19-12-21(16-25-14-19)23-10-5-11-28-23)20-8-4-9-22(13-20)29-17-18-6-2-1-3-7-18/h1-14,16H,15,17H2,(H,26,27). The van der Waals surface area contributed by atoms with E-state index in [-0.39, 0.29) is 5.91 Å². The third-order valence-corrected chi connectivity index (χ3v) is 4.40. The highest BCUT2D eigenvalue weighted by Gasteiger charge is 2.08. The molecule has 0 bridgehead atoms. The van der Waals surface area contributed by atoms with Crippen molar-refractivity contribution in [1.29, 1.82) is 0 Å². The number of furan rings is 1. The number of benzene rings is 2. The molecule has 0 aliphatic rings. The van der Waals surface area contributed by atoms with Crippen LogP contribution in [0.25, 0.3) is 11.3 Å². The fourth-order valence-electron chi connectivity index (χ4n) is 2.91. The van der Waals surface area contributed by atoms with Gasteiger partial charge in [0, 0.05) is 30.1 Å². The van der Waals surface area contributed by atoms with Crippen LogP contribution in [-0.2, 0) is 13.2 Å². The maximum atomic E-state index is 12.6. The number of nitrogens with one attached hydrogen (secondary N) is 1. The molecule has 0 saturated carbocycles. The zero-order valence-corrected chi connectivity index (χ0v) is 15.7. The van der Waals surface area contributed by atoms with Crippen LogP contribution in [0.15, 0.2) is 95.9 Å². The molecule has 144 valence electrons. The Morgan fingerprint density at radius 1 is 0.931 bits per heavy atom. The Labute approximate surface area is 169 Å². The van der Waals surface area contributed by atoms with Gasteiger partial charge >= 0.3 is 0 Å². The number of rotatable bonds is 7. The van der Waals surface area contributed by atoms with Crippen molar-refractivity contribution in [3.63, 3.8) is 0 Å². The molecule has 29 heavy (non-hydrogen) atoms. The van der Waals surface area contributed by atoms with E-state index in [4.69, 9.17) is 9.15 Å². The molecule has 0 radical (unpaired) electrons. The first kappa shape index (κ1) is 18.5. The van der Waals surface area contributed by atoms with E-state index >= 15 is 0 Å². The summed E-state index contributed by atoms with van der Waals surface area (Å²) in [6, 6.07) is 22.7. The van der Waals surface area contributed by atoms with Gasteiger partial charge in [-0.25, -0.2) is 0 Å². The van der Waals surface area contributed by atoms with Gasteiger partial charge in [-0.1, -0.05) is 36.4 Å².